The lowest BCUT2D eigenvalue weighted by Crippen LogP contribution is -2.30. The highest BCUT2D eigenvalue weighted by molar-refractivity contribution is 6.02. The van der Waals surface area contributed by atoms with Crippen molar-refractivity contribution in [3.05, 3.63) is 69.6 Å². The molecule has 2 N–H and O–H groups in total. The third-order valence-corrected chi connectivity index (χ3v) is 5.63. The molecule has 1 fully saturated rings. The summed E-state index contributed by atoms with van der Waals surface area (Å²) in [6.45, 7) is 2.71. The van der Waals surface area contributed by atoms with E-state index in [2.05, 4.69) is 17.1 Å². The Hall–Kier alpha value is -3.88. The number of aromatic hydroxyl groups is 1. The van der Waals surface area contributed by atoms with Crippen molar-refractivity contribution in [3.8, 4) is 5.75 Å². The van der Waals surface area contributed by atoms with Crippen LogP contribution in [0.1, 0.15) is 39.6 Å². The summed E-state index contributed by atoms with van der Waals surface area (Å²) in [5.74, 6) is -1.69. The number of aromatic nitrogens is 2. The Labute approximate surface area is 183 Å². The molecule has 4 rings (SSSR count). The molecule has 1 atom stereocenters. The van der Waals surface area contributed by atoms with Gasteiger partial charge in [-0.05, 0) is 37.3 Å². The zero-order valence-corrected chi connectivity index (χ0v) is 17.5. The Balaban J connectivity index is 1.61. The molecule has 32 heavy (non-hydrogen) atoms. The molecule has 0 spiro atoms. The lowest BCUT2D eigenvalue weighted by molar-refractivity contribution is 0.0515. The number of nitrogens with zero attached hydrogens (tertiary/aromatic N) is 3. The first-order valence-corrected chi connectivity index (χ1v) is 10.4. The first kappa shape index (κ1) is 21.4. The first-order valence-electron chi connectivity index (χ1n) is 10.4. The van der Waals surface area contributed by atoms with Crippen LogP contribution in [0.2, 0.25) is 0 Å². The number of ether oxygens (including phenoxy) is 1. The van der Waals surface area contributed by atoms with Gasteiger partial charge in [0.15, 0.2) is 11.2 Å². The number of hydrogen-bond donors (Lipinski definition) is 2. The molecule has 3 aromatic rings. The molecule has 166 valence electrons. The Bertz CT molecular complexity index is 1240. The largest absolute Gasteiger partial charge is 0.506 e. The highest BCUT2D eigenvalue weighted by Gasteiger charge is 2.29. The number of esters is 1. The zero-order chi connectivity index (χ0) is 22.8. The Morgan fingerprint density at radius 2 is 2.00 bits per heavy atom. The Kier molecular flexibility index (Phi) is 5.81. The summed E-state index contributed by atoms with van der Waals surface area (Å²) in [4.78, 5) is 43.1. The maximum Gasteiger partial charge on any atom is 0.347 e. The van der Waals surface area contributed by atoms with Crippen LogP contribution in [0.15, 0.2) is 47.4 Å². The molecule has 1 saturated heterocycles. The molecule has 2 aromatic heterocycles. The van der Waals surface area contributed by atoms with E-state index >= 15 is 0 Å². The quantitative estimate of drug-likeness (QED) is 0.464. The van der Waals surface area contributed by atoms with E-state index in [1.54, 1.807) is 11.8 Å². The van der Waals surface area contributed by atoms with E-state index in [1.165, 1.54) is 17.8 Å². The number of pyridine rings is 2. The fourth-order valence-electron chi connectivity index (χ4n) is 4.06. The maximum atomic E-state index is 13.1. The number of carbonyl (C=O) groups excluding carboxylic acids is 2. The van der Waals surface area contributed by atoms with Gasteiger partial charge < -0.3 is 20.0 Å². The number of benzene rings is 1. The molecule has 1 aromatic carbocycles. The van der Waals surface area contributed by atoms with Crippen molar-refractivity contribution in [2.75, 3.05) is 19.7 Å². The van der Waals surface area contributed by atoms with E-state index < -0.39 is 22.8 Å². The van der Waals surface area contributed by atoms with Crippen molar-refractivity contribution >= 4 is 22.9 Å². The molecule has 9 nitrogen and oxygen atoms in total. The number of amides is 1. The van der Waals surface area contributed by atoms with Gasteiger partial charge in [-0.1, -0.05) is 30.3 Å². The molecular formula is C23H23N3O6. The van der Waals surface area contributed by atoms with Gasteiger partial charge in [-0.2, -0.15) is 0 Å². The van der Waals surface area contributed by atoms with E-state index in [0.717, 1.165) is 12.8 Å². The van der Waals surface area contributed by atoms with Crippen molar-refractivity contribution in [3.63, 3.8) is 0 Å². The average molecular weight is 437 g/mol. The summed E-state index contributed by atoms with van der Waals surface area (Å²) in [6, 6.07) is 11.4. The van der Waals surface area contributed by atoms with Crippen molar-refractivity contribution in [1.29, 1.82) is 0 Å². The van der Waals surface area contributed by atoms with Crippen LogP contribution in [0, 0.1) is 5.92 Å². The third-order valence-electron chi connectivity index (χ3n) is 5.63. The maximum absolute atomic E-state index is 13.1. The molecule has 0 saturated carbocycles. The second kappa shape index (κ2) is 8.70. The van der Waals surface area contributed by atoms with Crippen molar-refractivity contribution in [1.82, 2.24) is 14.6 Å². The molecule has 3 heterocycles. The molecule has 9 heteroatoms. The van der Waals surface area contributed by atoms with Crippen LogP contribution in [0.3, 0.4) is 0 Å². The van der Waals surface area contributed by atoms with Gasteiger partial charge in [-0.3, -0.25) is 9.59 Å². The van der Waals surface area contributed by atoms with Crippen molar-refractivity contribution in [2.45, 2.75) is 19.8 Å². The van der Waals surface area contributed by atoms with Gasteiger partial charge >= 0.3 is 11.5 Å². The minimum atomic E-state index is -1.15. The van der Waals surface area contributed by atoms with Crippen LogP contribution < -0.4 is 5.56 Å². The lowest BCUT2D eigenvalue weighted by atomic mass is 9.99. The SMILES string of the molecule is CCOC(=O)c1c(O)c2cc(C(=O)N3CCC(Cc4ccccc4)C3)cnc2n(O)c1=O. The first-order chi connectivity index (χ1) is 15.4. The second-order valence-corrected chi connectivity index (χ2v) is 7.75. The number of carbonyl (C=O) groups is 2. The summed E-state index contributed by atoms with van der Waals surface area (Å²) in [7, 11) is 0. The fraction of sp³-hybridized carbons (Fsp3) is 0.304. The molecule has 1 unspecified atom stereocenters. The summed E-state index contributed by atoms with van der Waals surface area (Å²) in [6.07, 6.45) is 2.99. The number of rotatable bonds is 5. The molecule has 0 bridgehead atoms. The summed E-state index contributed by atoms with van der Waals surface area (Å²) in [5.41, 5.74) is -0.723. The van der Waals surface area contributed by atoms with E-state index in [-0.39, 0.29) is 33.8 Å². The molecular weight excluding hydrogens is 414 g/mol. The molecule has 0 radical (unpaired) electrons. The van der Waals surface area contributed by atoms with Crippen LogP contribution >= 0.6 is 0 Å². The number of likely N-dealkylation sites (tertiary alicyclic amines) is 1. The monoisotopic (exact) mass is 437 g/mol. The van der Waals surface area contributed by atoms with Gasteiger partial charge in [-0.15, -0.1) is 4.73 Å². The topological polar surface area (TPSA) is 122 Å². The molecule has 1 aliphatic heterocycles. The standard InChI is InChI=1S/C23H23N3O6/c1-2-32-23(30)18-19(27)17-11-16(12-24-20(17)26(31)22(18)29)21(28)25-9-8-15(13-25)10-14-6-4-3-5-7-14/h3-7,11-12,15,27,31H,2,8-10,13H2,1H3. The minimum absolute atomic E-state index is 0.0168. The lowest BCUT2D eigenvalue weighted by Gasteiger charge is -2.17. The van der Waals surface area contributed by atoms with Crippen LogP contribution in [-0.2, 0) is 11.2 Å². The Morgan fingerprint density at radius 1 is 1.25 bits per heavy atom. The molecule has 1 amide bonds. The van der Waals surface area contributed by atoms with Crippen molar-refractivity contribution in [2.24, 2.45) is 5.92 Å². The van der Waals surface area contributed by atoms with E-state index in [9.17, 15) is 24.7 Å². The number of hydrogen-bond acceptors (Lipinski definition) is 7. The average Bonchev–Trinajstić information content (AvgIpc) is 3.26. The predicted molar refractivity (Wildman–Crippen MR) is 115 cm³/mol. The van der Waals surface area contributed by atoms with Gasteiger partial charge in [0.05, 0.1) is 17.6 Å². The highest BCUT2D eigenvalue weighted by Crippen LogP contribution is 2.28. The van der Waals surface area contributed by atoms with Crippen LogP contribution in [0.25, 0.3) is 11.0 Å². The smallest absolute Gasteiger partial charge is 0.347 e. The second-order valence-electron chi connectivity index (χ2n) is 7.75. The highest BCUT2D eigenvalue weighted by atomic mass is 16.5. The van der Waals surface area contributed by atoms with Gasteiger partial charge in [0.2, 0.25) is 0 Å². The van der Waals surface area contributed by atoms with Gasteiger partial charge in [0.1, 0.15) is 5.75 Å². The van der Waals surface area contributed by atoms with E-state index in [1.807, 2.05) is 18.2 Å². The Morgan fingerprint density at radius 3 is 2.72 bits per heavy atom. The minimum Gasteiger partial charge on any atom is -0.506 e. The summed E-state index contributed by atoms with van der Waals surface area (Å²) >= 11 is 0. The normalized spacial score (nSPS) is 15.8. The van der Waals surface area contributed by atoms with Crippen LogP contribution in [0.5, 0.6) is 5.75 Å². The summed E-state index contributed by atoms with van der Waals surface area (Å²) < 4.78 is 4.96. The van der Waals surface area contributed by atoms with Crippen molar-refractivity contribution < 1.29 is 24.6 Å². The number of fused-ring (bicyclic) bond motifs is 1. The zero-order valence-electron chi connectivity index (χ0n) is 17.5. The third kappa shape index (κ3) is 3.89. The predicted octanol–water partition coefficient (Wildman–Crippen LogP) is 2.22. The van der Waals surface area contributed by atoms with Gasteiger partial charge in [-0.25, -0.2) is 9.78 Å². The van der Waals surface area contributed by atoms with E-state index in [4.69, 9.17) is 4.74 Å². The van der Waals surface area contributed by atoms with Gasteiger partial charge in [0, 0.05) is 19.3 Å². The van der Waals surface area contributed by atoms with Crippen LogP contribution in [-0.4, -0.2) is 56.5 Å². The molecule has 1 aliphatic rings. The fourth-order valence-corrected chi connectivity index (χ4v) is 4.06. The van der Waals surface area contributed by atoms with Gasteiger partial charge in [0.25, 0.3) is 5.91 Å². The molecule has 0 aliphatic carbocycles. The summed E-state index contributed by atoms with van der Waals surface area (Å²) in [5, 5.41) is 20.6. The van der Waals surface area contributed by atoms with E-state index in [0.29, 0.717) is 19.0 Å². The van der Waals surface area contributed by atoms with Crippen LogP contribution in [0.4, 0.5) is 0 Å².